The highest BCUT2D eigenvalue weighted by Crippen LogP contribution is 2.32. The van der Waals surface area contributed by atoms with Crippen LogP contribution in [0.2, 0.25) is 0 Å². The molecular weight excluding hydrogens is 255 g/mol. The fourth-order valence-electron chi connectivity index (χ4n) is 1.10. The van der Waals surface area contributed by atoms with E-state index in [0.717, 1.165) is 10.5 Å². The number of benzene rings is 1. The van der Waals surface area contributed by atoms with E-state index in [1.54, 1.807) is 6.07 Å². The number of nitrogens with two attached hydrogens (primary N) is 1. The van der Waals surface area contributed by atoms with Gasteiger partial charge >= 0.3 is 5.51 Å². The second kappa shape index (κ2) is 5.72. The molecule has 1 aromatic carbocycles. The first kappa shape index (κ1) is 13.6. The number of thioether (sulfide) groups is 2. The highest BCUT2D eigenvalue weighted by atomic mass is 32.2. The number of nitrogen functional groups attached to an aromatic ring is 1. The standard InChI is InChI=1S/C10H12F3NS2/c1-7-8(14)3-2-4-9(7)15-5-6-16-10(11,12)13/h2-4H,5-6,14H2,1H3. The van der Waals surface area contributed by atoms with Gasteiger partial charge in [-0.2, -0.15) is 13.2 Å². The van der Waals surface area contributed by atoms with Gasteiger partial charge in [0.1, 0.15) is 0 Å². The average molecular weight is 267 g/mol. The van der Waals surface area contributed by atoms with Crippen LogP contribution < -0.4 is 5.73 Å². The van der Waals surface area contributed by atoms with E-state index < -0.39 is 5.51 Å². The zero-order chi connectivity index (χ0) is 12.2. The molecule has 90 valence electrons. The molecule has 0 aliphatic carbocycles. The lowest BCUT2D eigenvalue weighted by molar-refractivity contribution is -0.0326. The van der Waals surface area contributed by atoms with Crippen LogP contribution in [0.15, 0.2) is 23.1 Å². The van der Waals surface area contributed by atoms with Crippen molar-refractivity contribution in [1.29, 1.82) is 0 Å². The Kier molecular flexibility index (Phi) is 4.86. The van der Waals surface area contributed by atoms with Crippen LogP contribution in [0, 0.1) is 6.92 Å². The molecule has 6 heteroatoms. The van der Waals surface area contributed by atoms with E-state index in [2.05, 4.69) is 0 Å². The van der Waals surface area contributed by atoms with E-state index in [4.69, 9.17) is 5.73 Å². The molecule has 0 fully saturated rings. The van der Waals surface area contributed by atoms with E-state index >= 15 is 0 Å². The molecule has 0 atom stereocenters. The van der Waals surface area contributed by atoms with Crippen molar-refractivity contribution >= 4 is 29.2 Å². The third kappa shape index (κ3) is 4.57. The first-order valence-corrected chi connectivity index (χ1v) is 6.56. The lowest BCUT2D eigenvalue weighted by atomic mass is 10.2. The Morgan fingerprint density at radius 3 is 2.56 bits per heavy atom. The molecule has 1 aromatic rings. The molecule has 0 bridgehead atoms. The summed E-state index contributed by atoms with van der Waals surface area (Å²) in [5.74, 6) is 0.483. The maximum atomic E-state index is 11.9. The third-order valence-corrected chi connectivity index (χ3v) is 4.09. The Balaban J connectivity index is 2.41. The number of alkyl halides is 3. The topological polar surface area (TPSA) is 26.0 Å². The Morgan fingerprint density at radius 2 is 1.94 bits per heavy atom. The molecule has 0 aliphatic rings. The molecule has 0 amide bonds. The highest BCUT2D eigenvalue weighted by molar-refractivity contribution is 8.03. The second-order valence-electron chi connectivity index (χ2n) is 3.11. The Labute approximate surface area is 101 Å². The average Bonchev–Trinajstić information content (AvgIpc) is 2.17. The van der Waals surface area contributed by atoms with E-state index in [9.17, 15) is 13.2 Å². The predicted octanol–water partition coefficient (Wildman–Crippen LogP) is 3.92. The fraction of sp³-hybridized carbons (Fsp3) is 0.400. The van der Waals surface area contributed by atoms with Crippen molar-refractivity contribution in [2.45, 2.75) is 17.3 Å². The fourth-order valence-corrected chi connectivity index (χ4v) is 2.72. The molecule has 0 spiro atoms. The van der Waals surface area contributed by atoms with Gasteiger partial charge in [-0.3, -0.25) is 0 Å². The van der Waals surface area contributed by atoms with Crippen LogP contribution in [0.3, 0.4) is 0 Å². The summed E-state index contributed by atoms with van der Waals surface area (Å²) in [4.78, 5) is 0.947. The molecule has 0 saturated heterocycles. The molecule has 0 unspecified atom stereocenters. The molecule has 0 aromatic heterocycles. The second-order valence-corrected chi connectivity index (χ2v) is 5.41. The highest BCUT2D eigenvalue weighted by Gasteiger charge is 2.27. The van der Waals surface area contributed by atoms with Gasteiger partial charge in [-0.1, -0.05) is 17.8 Å². The molecular formula is C10H12F3NS2. The summed E-state index contributed by atoms with van der Waals surface area (Å²) in [6.45, 7) is 1.87. The van der Waals surface area contributed by atoms with Crippen LogP contribution in [-0.4, -0.2) is 17.0 Å². The summed E-state index contributed by atoms with van der Waals surface area (Å²) in [6.07, 6.45) is 0. The molecule has 1 rings (SSSR count). The van der Waals surface area contributed by atoms with Crippen LogP contribution in [0.1, 0.15) is 5.56 Å². The van der Waals surface area contributed by atoms with Crippen molar-refractivity contribution < 1.29 is 13.2 Å². The maximum absolute atomic E-state index is 11.9. The van der Waals surface area contributed by atoms with Gasteiger partial charge in [-0.05, 0) is 24.6 Å². The smallest absolute Gasteiger partial charge is 0.398 e. The number of hydrogen-bond acceptors (Lipinski definition) is 3. The molecule has 16 heavy (non-hydrogen) atoms. The van der Waals surface area contributed by atoms with Crippen molar-refractivity contribution in [3.8, 4) is 0 Å². The van der Waals surface area contributed by atoms with Crippen molar-refractivity contribution in [2.75, 3.05) is 17.2 Å². The van der Waals surface area contributed by atoms with Gasteiger partial charge in [0.2, 0.25) is 0 Å². The number of rotatable bonds is 4. The first-order valence-electron chi connectivity index (χ1n) is 4.59. The number of anilines is 1. The molecule has 0 saturated carbocycles. The SMILES string of the molecule is Cc1c(N)cccc1SCCSC(F)(F)F. The lowest BCUT2D eigenvalue weighted by Crippen LogP contribution is -2.02. The number of halogens is 3. The van der Waals surface area contributed by atoms with E-state index in [1.165, 1.54) is 11.8 Å². The minimum absolute atomic E-state index is 0.0108. The molecule has 1 nitrogen and oxygen atoms in total. The van der Waals surface area contributed by atoms with E-state index in [-0.39, 0.29) is 17.5 Å². The van der Waals surface area contributed by atoms with Crippen molar-refractivity contribution in [3.63, 3.8) is 0 Å². The van der Waals surface area contributed by atoms with Crippen LogP contribution in [0.5, 0.6) is 0 Å². The Morgan fingerprint density at radius 1 is 1.25 bits per heavy atom. The lowest BCUT2D eigenvalue weighted by Gasteiger charge is -2.08. The van der Waals surface area contributed by atoms with Gasteiger partial charge in [0, 0.05) is 22.1 Å². The zero-order valence-corrected chi connectivity index (χ0v) is 10.3. The van der Waals surface area contributed by atoms with E-state index in [0.29, 0.717) is 11.4 Å². The maximum Gasteiger partial charge on any atom is 0.441 e. The van der Waals surface area contributed by atoms with Crippen LogP contribution >= 0.6 is 23.5 Å². The summed E-state index contributed by atoms with van der Waals surface area (Å²) >= 11 is 1.41. The minimum Gasteiger partial charge on any atom is -0.398 e. The molecule has 0 heterocycles. The Hall–Kier alpha value is -0.490. The van der Waals surface area contributed by atoms with Crippen molar-refractivity contribution in [2.24, 2.45) is 0 Å². The van der Waals surface area contributed by atoms with Gasteiger partial charge in [0.25, 0.3) is 0 Å². The summed E-state index contributed by atoms with van der Waals surface area (Å²) in [5, 5.41) is 0. The quantitative estimate of drug-likeness (QED) is 0.508. The molecule has 0 radical (unpaired) electrons. The minimum atomic E-state index is -4.13. The molecule has 2 N–H and O–H groups in total. The normalized spacial score (nSPS) is 11.8. The van der Waals surface area contributed by atoms with Crippen LogP contribution in [-0.2, 0) is 0 Å². The first-order chi connectivity index (χ1) is 7.40. The number of hydrogen-bond donors (Lipinski definition) is 1. The van der Waals surface area contributed by atoms with Crippen molar-refractivity contribution in [3.05, 3.63) is 23.8 Å². The van der Waals surface area contributed by atoms with Crippen LogP contribution in [0.25, 0.3) is 0 Å². The van der Waals surface area contributed by atoms with Gasteiger partial charge in [-0.15, -0.1) is 11.8 Å². The summed E-state index contributed by atoms with van der Waals surface area (Å²) in [6, 6.07) is 5.46. The van der Waals surface area contributed by atoms with Crippen LogP contribution in [0.4, 0.5) is 18.9 Å². The summed E-state index contributed by atoms with van der Waals surface area (Å²) < 4.78 is 35.6. The molecule has 0 aliphatic heterocycles. The van der Waals surface area contributed by atoms with Gasteiger partial charge in [0.15, 0.2) is 0 Å². The van der Waals surface area contributed by atoms with E-state index in [1.807, 2.05) is 19.1 Å². The summed E-state index contributed by atoms with van der Waals surface area (Å²) in [5.41, 5.74) is 3.17. The van der Waals surface area contributed by atoms with Gasteiger partial charge in [0.05, 0.1) is 0 Å². The summed E-state index contributed by atoms with van der Waals surface area (Å²) in [7, 11) is 0. The monoisotopic (exact) mass is 267 g/mol. The third-order valence-electron chi connectivity index (χ3n) is 1.93. The zero-order valence-electron chi connectivity index (χ0n) is 8.67. The van der Waals surface area contributed by atoms with Crippen molar-refractivity contribution in [1.82, 2.24) is 0 Å². The van der Waals surface area contributed by atoms with Gasteiger partial charge in [-0.25, -0.2) is 0 Å². The Bertz CT molecular complexity index is 352. The largest absolute Gasteiger partial charge is 0.441 e. The van der Waals surface area contributed by atoms with Gasteiger partial charge < -0.3 is 5.73 Å². The predicted molar refractivity (Wildman–Crippen MR) is 64.8 cm³/mol.